The Morgan fingerprint density at radius 1 is 1.11 bits per heavy atom. The summed E-state index contributed by atoms with van der Waals surface area (Å²) >= 11 is 2.34. The van der Waals surface area contributed by atoms with Crippen molar-refractivity contribution in [1.82, 2.24) is 4.57 Å². The topological polar surface area (TPSA) is 150 Å². The SMILES string of the molecule is CCOC(=O)Cn1c(=NC(=O)CS(=O)(=O)CC(=O)Nc2sc3c(c2C(=O)OC)CCC3)sc2ccccc21. The van der Waals surface area contributed by atoms with Gasteiger partial charge in [0.25, 0.3) is 5.91 Å². The predicted molar refractivity (Wildman–Crippen MR) is 142 cm³/mol. The van der Waals surface area contributed by atoms with Gasteiger partial charge >= 0.3 is 11.9 Å². The molecule has 2 aromatic heterocycles. The van der Waals surface area contributed by atoms with E-state index in [-0.39, 0.29) is 28.5 Å². The Hall–Kier alpha value is -3.36. The first kappa shape index (κ1) is 27.7. The Bertz CT molecular complexity index is 1600. The van der Waals surface area contributed by atoms with Crippen molar-refractivity contribution < 1.29 is 37.1 Å². The lowest BCUT2D eigenvalue weighted by molar-refractivity contribution is -0.143. The summed E-state index contributed by atoms with van der Waals surface area (Å²) in [6.07, 6.45) is 2.33. The summed E-state index contributed by atoms with van der Waals surface area (Å²) in [4.78, 5) is 54.6. The molecule has 0 saturated carbocycles. The van der Waals surface area contributed by atoms with Crippen LogP contribution in [0.2, 0.25) is 0 Å². The smallest absolute Gasteiger partial charge is 0.341 e. The van der Waals surface area contributed by atoms with E-state index in [1.807, 2.05) is 0 Å². The number of hydrogen-bond donors (Lipinski definition) is 1. The molecule has 202 valence electrons. The third kappa shape index (κ3) is 6.19. The predicted octanol–water partition coefficient (Wildman–Crippen LogP) is 2.08. The summed E-state index contributed by atoms with van der Waals surface area (Å²) in [5, 5.41) is 2.74. The van der Waals surface area contributed by atoms with Gasteiger partial charge in [-0.1, -0.05) is 23.5 Å². The highest BCUT2D eigenvalue weighted by Crippen LogP contribution is 2.39. The second-order valence-electron chi connectivity index (χ2n) is 8.38. The first-order chi connectivity index (χ1) is 18.1. The molecule has 38 heavy (non-hydrogen) atoms. The highest BCUT2D eigenvalue weighted by Gasteiger charge is 2.29. The van der Waals surface area contributed by atoms with E-state index in [1.54, 1.807) is 31.2 Å². The number of fused-ring (bicyclic) bond motifs is 2. The average Bonchev–Trinajstić information content (AvgIpc) is 3.51. The molecule has 1 aromatic carbocycles. The zero-order valence-corrected chi connectivity index (χ0v) is 23.1. The van der Waals surface area contributed by atoms with Crippen LogP contribution in [0.4, 0.5) is 5.00 Å². The minimum Gasteiger partial charge on any atom is -0.465 e. The highest BCUT2D eigenvalue weighted by atomic mass is 32.2. The third-order valence-electron chi connectivity index (χ3n) is 5.66. The molecule has 0 fully saturated rings. The molecular formula is C24H25N3O8S3. The van der Waals surface area contributed by atoms with Crippen LogP contribution in [0.1, 0.15) is 34.1 Å². The van der Waals surface area contributed by atoms with Gasteiger partial charge in [0.1, 0.15) is 23.1 Å². The van der Waals surface area contributed by atoms with Gasteiger partial charge in [-0.2, -0.15) is 4.99 Å². The van der Waals surface area contributed by atoms with E-state index in [9.17, 15) is 27.6 Å². The number of carbonyl (C=O) groups is 4. The first-order valence-electron chi connectivity index (χ1n) is 11.7. The van der Waals surface area contributed by atoms with Gasteiger partial charge in [0.2, 0.25) is 5.91 Å². The van der Waals surface area contributed by atoms with E-state index in [1.165, 1.54) is 23.0 Å². The number of methoxy groups -OCH3 is 1. The average molecular weight is 580 g/mol. The summed E-state index contributed by atoms with van der Waals surface area (Å²) in [7, 11) is -2.96. The van der Waals surface area contributed by atoms with Crippen LogP contribution in [0.5, 0.6) is 0 Å². The number of esters is 2. The number of amides is 2. The minimum atomic E-state index is -4.19. The molecule has 2 heterocycles. The fourth-order valence-electron chi connectivity index (χ4n) is 4.15. The first-order valence-corrected chi connectivity index (χ1v) is 15.1. The number of para-hydroxylation sites is 1. The number of thiazole rings is 1. The molecule has 0 bridgehead atoms. The zero-order chi connectivity index (χ0) is 27.4. The van der Waals surface area contributed by atoms with Crippen LogP contribution in [0, 0.1) is 0 Å². The molecule has 0 saturated heterocycles. The van der Waals surface area contributed by atoms with E-state index in [0.29, 0.717) is 11.9 Å². The number of aromatic nitrogens is 1. The Kier molecular flexibility index (Phi) is 8.43. The van der Waals surface area contributed by atoms with Gasteiger partial charge in [0.05, 0.1) is 29.5 Å². The number of anilines is 1. The molecular weight excluding hydrogens is 554 g/mol. The largest absolute Gasteiger partial charge is 0.465 e. The van der Waals surface area contributed by atoms with Crippen molar-refractivity contribution in [1.29, 1.82) is 0 Å². The number of aryl methyl sites for hydroxylation is 1. The number of hydrogen-bond acceptors (Lipinski definition) is 10. The third-order valence-corrected chi connectivity index (χ3v) is 9.31. The number of nitrogens with one attached hydrogen (secondary N) is 1. The monoisotopic (exact) mass is 579 g/mol. The maximum atomic E-state index is 12.7. The van der Waals surface area contributed by atoms with Crippen molar-refractivity contribution in [3.63, 3.8) is 0 Å². The second kappa shape index (κ2) is 11.6. The maximum absolute atomic E-state index is 12.7. The van der Waals surface area contributed by atoms with Crippen LogP contribution >= 0.6 is 22.7 Å². The number of rotatable bonds is 9. The van der Waals surface area contributed by atoms with Gasteiger partial charge in [-0.15, -0.1) is 11.3 Å². The van der Waals surface area contributed by atoms with Crippen LogP contribution in [-0.4, -0.2) is 62.0 Å². The minimum absolute atomic E-state index is 0.139. The van der Waals surface area contributed by atoms with Crippen molar-refractivity contribution in [3.8, 4) is 0 Å². The molecule has 14 heteroatoms. The molecule has 0 atom stereocenters. The van der Waals surface area contributed by atoms with Gasteiger partial charge in [0, 0.05) is 4.88 Å². The molecule has 0 radical (unpaired) electrons. The van der Waals surface area contributed by atoms with Crippen molar-refractivity contribution >= 4 is 71.5 Å². The zero-order valence-electron chi connectivity index (χ0n) is 20.6. The number of carbonyl (C=O) groups excluding carboxylic acids is 4. The van der Waals surface area contributed by atoms with Crippen molar-refractivity contribution in [3.05, 3.63) is 45.1 Å². The molecule has 2 amide bonds. The lowest BCUT2D eigenvalue weighted by Gasteiger charge is -2.07. The van der Waals surface area contributed by atoms with E-state index in [4.69, 9.17) is 9.47 Å². The molecule has 1 aliphatic carbocycles. The van der Waals surface area contributed by atoms with Crippen LogP contribution in [0.25, 0.3) is 10.2 Å². The van der Waals surface area contributed by atoms with E-state index < -0.39 is 45.1 Å². The Morgan fingerprint density at radius 3 is 2.61 bits per heavy atom. The van der Waals surface area contributed by atoms with Gasteiger partial charge in [-0.05, 0) is 43.9 Å². The molecule has 3 aromatic rings. The maximum Gasteiger partial charge on any atom is 0.341 e. The Balaban J connectivity index is 1.50. The van der Waals surface area contributed by atoms with Gasteiger partial charge < -0.3 is 19.4 Å². The molecule has 1 aliphatic rings. The number of benzene rings is 1. The molecule has 0 spiro atoms. The van der Waals surface area contributed by atoms with Crippen LogP contribution in [0.3, 0.4) is 0 Å². The van der Waals surface area contributed by atoms with Crippen molar-refractivity contribution in [2.24, 2.45) is 4.99 Å². The Labute approximate surface area is 226 Å². The standard InChI is InChI=1S/C24H25N3O8S3/c1-3-35-20(30)11-27-15-8-4-5-9-17(15)37-24(27)26-19(29)13-38(32,33)12-18(28)25-22-21(23(31)34-2)14-7-6-10-16(14)36-22/h4-5,8-9H,3,6-7,10-13H2,1-2H3,(H,25,28). The number of nitrogens with zero attached hydrogens (tertiary/aromatic N) is 2. The fourth-order valence-corrected chi connectivity index (χ4v) is 7.50. The lowest BCUT2D eigenvalue weighted by atomic mass is 10.1. The van der Waals surface area contributed by atoms with Gasteiger partial charge in [-0.25, -0.2) is 13.2 Å². The lowest BCUT2D eigenvalue weighted by Crippen LogP contribution is -2.29. The normalized spacial score (nSPS) is 13.4. The van der Waals surface area contributed by atoms with Crippen molar-refractivity contribution in [2.45, 2.75) is 32.7 Å². The molecule has 4 rings (SSSR count). The van der Waals surface area contributed by atoms with Crippen molar-refractivity contribution in [2.75, 3.05) is 30.5 Å². The van der Waals surface area contributed by atoms with Gasteiger partial charge in [-0.3, -0.25) is 14.4 Å². The van der Waals surface area contributed by atoms with Crippen LogP contribution in [-0.2, 0) is 53.1 Å². The summed E-state index contributed by atoms with van der Waals surface area (Å²) in [5.74, 6) is -4.95. The number of ether oxygens (including phenoxy) is 2. The molecule has 1 N–H and O–H groups in total. The van der Waals surface area contributed by atoms with Gasteiger partial charge in [0.15, 0.2) is 14.6 Å². The Morgan fingerprint density at radius 2 is 1.87 bits per heavy atom. The fraction of sp³-hybridized carbons (Fsp3) is 0.375. The summed E-state index contributed by atoms with van der Waals surface area (Å²) in [5.41, 5.74) is 1.70. The summed E-state index contributed by atoms with van der Waals surface area (Å²) in [6, 6.07) is 7.09. The molecule has 11 nitrogen and oxygen atoms in total. The quantitative estimate of drug-likeness (QED) is 0.379. The second-order valence-corrected chi connectivity index (χ2v) is 12.6. The van der Waals surface area contributed by atoms with E-state index in [2.05, 4.69) is 10.3 Å². The number of thiophene rings is 1. The van der Waals surface area contributed by atoms with Crippen LogP contribution in [0.15, 0.2) is 29.3 Å². The highest BCUT2D eigenvalue weighted by molar-refractivity contribution is 7.92. The van der Waals surface area contributed by atoms with Crippen LogP contribution < -0.4 is 10.1 Å². The molecule has 0 aliphatic heterocycles. The summed E-state index contributed by atoms with van der Waals surface area (Å²) < 4.78 is 37.4. The number of sulfone groups is 1. The van der Waals surface area contributed by atoms with E-state index in [0.717, 1.165) is 39.3 Å². The molecule has 0 unspecified atom stereocenters. The van der Waals surface area contributed by atoms with E-state index >= 15 is 0 Å². The summed E-state index contributed by atoms with van der Waals surface area (Å²) in [6.45, 7) is 1.65.